The molecule has 3 nitrogen and oxygen atoms in total. The molecule has 0 aromatic heterocycles. The van der Waals surface area contributed by atoms with Gasteiger partial charge in [0.05, 0.1) is 0 Å². The lowest BCUT2D eigenvalue weighted by atomic mass is 10.1. The number of rotatable bonds is 3. The number of hydrogen-bond donors (Lipinski definition) is 1. The van der Waals surface area contributed by atoms with E-state index in [2.05, 4.69) is 0 Å². The van der Waals surface area contributed by atoms with Crippen LogP contribution in [0.15, 0.2) is 12.1 Å². The molecule has 1 aliphatic rings. The number of phenols is 1. The fourth-order valence-corrected chi connectivity index (χ4v) is 3.38. The molecule has 1 aromatic rings. The molecule has 2 atom stereocenters. The van der Waals surface area contributed by atoms with Gasteiger partial charge in [0.1, 0.15) is 22.9 Å². The minimum Gasteiger partial charge on any atom is -0.507 e. The van der Waals surface area contributed by atoms with Crippen molar-refractivity contribution < 1.29 is 18.7 Å². The summed E-state index contributed by atoms with van der Waals surface area (Å²) in [4.78, 5) is 13.7. The van der Waals surface area contributed by atoms with Crippen LogP contribution in [0.1, 0.15) is 29.6 Å². The van der Waals surface area contributed by atoms with E-state index in [1.54, 1.807) is 18.8 Å². The average molecular weight is 301 g/mol. The number of benzene rings is 1. The van der Waals surface area contributed by atoms with E-state index in [0.717, 1.165) is 25.3 Å². The Kier molecular flexibility index (Phi) is 4.52. The zero-order chi connectivity index (χ0) is 14.9. The summed E-state index contributed by atoms with van der Waals surface area (Å²) >= 11 is 1.76. The van der Waals surface area contributed by atoms with Crippen molar-refractivity contribution in [2.75, 3.05) is 13.3 Å². The van der Waals surface area contributed by atoms with Crippen LogP contribution in [0.4, 0.5) is 8.78 Å². The molecule has 2 unspecified atom stereocenters. The van der Waals surface area contributed by atoms with Gasteiger partial charge < -0.3 is 10.0 Å². The highest BCUT2D eigenvalue weighted by molar-refractivity contribution is 7.99. The number of aromatic hydroxyl groups is 1. The second kappa shape index (κ2) is 5.99. The molecule has 0 radical (unpaired) electrons. The van der Waals surface area contributed by atoms with Crippen LogP contribution in [0.5, 0.6) is 5.75 Å². The van der Waals surface area contributed by atoms with Gasteiger partial charge in [-0.15, -0.1) is 0 Å². The van der Waals surface area contributed by atoms with Crippen LogP contribution in [-0.4, -0.2) is 40.5 Å². The van der Waals surface area contributed by atoms with Crippen LogP contribution < -0.4 is 0 Å². The van der Waals surface area contributed by atoms with E-state index >= 15 is 0 Å². The molecule has 1 aliphatic carbocycles. The van der Waals surface area contributed by atoms with Crippen LogP contribution in [0.2, 0.25) is 0 Å². The summed E-state index contributed by atoms with van der Waals surface area (Å²) in [5.74, 6) is -3.19. The highest BCUT2D eigenvalue weighted by atomic mass is 32.2. The van der Waals surface area contributed by atoms with Gasteiger partial charge in [0.15, 0.2) is 0 Å². The molecule has 1 N–H and O–H groups in total. The first-order valence-electron chi connectivity index (χ1n) is 6.42. The average Bonchev–Trinajstić information content (AvgIpc) is 2.85. The number of nitrogens with zero attached hydrogens (tertiary/aromatic N) is 1. The lowest BCUT2D eigenvalue weighted by Crippen LogP contribution is -2.36. The van der Waals surface area contributed by atoms with E-state index in [-0.39, 0.29) is 6.04 Å². The summed E-state index contributed by atoms with van der Waals surface area (Å²) in [7, 11) is 1.60. The van der Waals surface area contributed by atoms with Crippen molar-refractivity contribution in [3.63, 3.8) is 0 Å². The summed E-state index contributed by atoms with van der Waals surface area (Å²) < 4.78 is 26.6. The van der Waals surface area contributed by atoms with Gasteiger partial charge in [0.2, 0.25) is 0 Å². The van der Waals surface area contributed by atoms with Gasteiger partial charge in [-0.3, -0.25) is 4.79 Å². The normalized spacial score (nSPS) is 22.0. The molecule has 2 rings (SSSR count). The Balaban J connectivity index is 2.19. The largest absolute Gasteiger partial charge is 0.507 e. The van der Waals surface area contributed by atoms with E-state index in [4.69, 9.17) is 0 Å². The molecule has 110 valence electrons. The topological polar surface area (TPSA) is 40.5 Å². The number of halogens is 2. The van der Waals surface area contributed by atoms with Crippen molar-refractivity contribution in [2.24, 2.45) is 0 Å². The van der Waals surface area contributed by atoms with Crippen LogP contribution in [0, 0.1) is 11.6 Å². The van der Waals surface area contributed by atoms with E-state index < -0.39 is 28.9 Å². The van der Waals surface area contributed by atoms with Gasteiger partial charge >= 0.3 is 0 Å². The Morgan fingerprint density at radius 1 is 1.40 bits per heavy atom. The molecule has 6 heteroatoms. The fraction of sp³-hybridized carbons (Fsp3) is 0.500. The van der Waals surface area contributed by atoms with Crippen LogP contribution in [0.25, 0.3) is 0 Å². The Hall–Kier alpha value is -1.30. The molecule has 1 saturated carbocycles. The lowest BCUT2D eigenvalue weighted by Gasteiger charge is -2.25. The predicted molar refractivity (Wildman–Crippen MR) is 75.1 cm³/mol. The summed E-state index contributed by atoms with van der Waals surface area (Å²) in [6.45, 7) is 0. The number of hydrogen-bond acceptors (Lipinski definition) is 3. The number of amides is 1. The van der Waals surface area contributed by atoms with Gasteiger partial charge in [-0.05, 0) is 25.5 Å². The maximum atomic E-state index is 13.7. The van der Waals surface area contributed by atoms with Crippen LogP contribution in [0.3, 0.4) is 0 Å². The number of thioether (sulfide) groups is 1. The molecular weight excluding hydrogens is 284 g/mol. The maximum Gasteiger partial charge on any atom is 0.260 e. The Morgan fingerprint density at radius 3 is 2.65 bits per heavy atom. The van der Waals surface area contributed by atoms with E-state index in [1.807, 2.05) is 6.26 Å². The number of carbonyl (C=O) groups is 1. The molecule has 1 aromatic carbocycles. The van der Waals surface area contributed by atoms with Gasteiger partial charge in [0, 0.05) is 30.5 Å². The molecule has 1 fully saturated rings. The quantitative estimate of drug-likeness (QED) is 0.933. The highest BCUT2D eigenvalue weighted by Gasteiger charge is 2.32. The maximum absolute atomic E-state index is 13.7. The van der Waals surface area contributed by atoms with E-state index in [0.29, 0.717) is 11.3 Å². The van der Waals surface area contributed by atoms with Gasteiger partial charge in [0.25, 0.3) is 5.91 Å². The van der Waals surface area contributed by atoms with E-state index in [1.165, 1.54) is 4.90 Å². The third-order valence-corrected chi connectivity index (χ3v) is 4.90. The minimum absolute atomic E-state index is 0.0313. The lowest BCUT2D eigenvalue weighted by molar-refractivity contribution is 0.0727. The molecule has 20 heavy (non-hydrogen) atoms. The molecular formula is C14H17F2NO2S. The third-order valence-electron chi connectivity index (χ3n) is 3.81. The second-order valence-corrected chi connectivity index (χ2v) is 6.16. The first-order chi connectivity index (χ1) is 9.43. The monoisotopic (exact) mass is 301 g/mol. The summed E-state index contributed by atoms with van der Waals surface area (Å²) in [5.41, 5.74) is -0.457. The predicted octanol–water partition coefficient (Wildman–Crippen LogP) is 3.03. The summed E-state index contributed by atoms with van der Waals surface area (Å²) in [6, 6.07) is 1.40. The molecule has 0 bridgehead atoms. The molecule has 0 aliphatic heterocycles. The number of phenolic OH excluding ortho intramolecular Hbond substituents is 1. The molecule has 0 heterocycles. The zero-order valence-electron chi connectivity index (χ0n) is 11.4. The van der Waals surface area contributed by atoms with Crippen molar-refractivity contribution in [3.05, 3.63) is 29.3 Å². The van der Waals surface area contributed by atoms with E-state index in [9.17, 15) is 18.7 Å². The second-order valence-electron chi connectivity index (χ2n) is 5.02. The van der Waals surface area contributed by atoms with Crippen molar-refractivity contribution in [3.8, 4) is 5.75 Å². The Labute approximate surface area is 121 Å². The first-order valence-corrected chi connectivity index (χ1v) is 7.70. The molecule has 1 amide bonds. The van der Waals surface area contributed by atoms with Crippen molar-refractivity contribution in [1.29, 1.82) is 0 Å². The summed E-state index contributed by atoms with van der Waals surface area (Å²) in [6.07, 6.45) is 4.76. The SMILES string of the molecule is CSC1CCC(N(C)C(=O)c2c(O)cc(F)cc2F)C1. The van der Waals surface area contributed by atoms with Crippen molar-refractivity contribution >= 4 is 17.7 Å². The Bertz CT molecular complexity index is 501. The first kappa shape index (κ1) is 15.1. The standard InChI is InChI=1S/C14H17F2NO2S/c1-17(9-3-4-10(7-9)20-2)14(19)13-11(16)5-8(15)6-12(13)18/h5-6,9-10,18H,3-4,7H2,1-2H3. The zero-order valence-corrected chi connectivity index (χ0v) is 12.2. The fourth-order valence-electron chi connectivity index (χ4n) is 2.60. The smallest absolute Gasteiger partial charge is 0.260 e. The minimum atomic E-state index is -1.03. The highest BCUT2D eigenvalue weighted by Crippen LogP contribution is 2.32. The van der Waals surface area contributed by atoms with Crippen molar-refractivity contribution in [1.82, 2.24) is 4.90 Å². The number of carbonyl (C=O) groups excluding carboxylic acids is 1. The summed E-state index contributed by atoms with van der Waals surface area (Å²) in [5, 5.41) is 10.1. The third kappa shape index (κ3) is 2.90. The van der Waals surface area contributed by atoms with Gasteiger partial charge in [-0.1, -0.05) is 0 Å². The van der Waals surface area contributed by atoms with Crippen LogP contribution >= 0.6 is 11.8 Å². The van der Waals surface area contributed by atoms with Gasteiger partial charge in [-0.2, -0.15) is 11.8 Å². The van der Waals surface area contributed by atoms with Crippen LogP contribution in [-0.2, 0) is 0 Å². The van der Waals surface area contributed by atoms with Crippen molar-refractivity contribution in [2.45, 2.75) is 30.6 Å². The molecule has 0 saturated heterocycles. The Morgan fingerprint density at radius 2 is 2.10 bits per heavy atom. The van der Waals surface area contributed by atoms with Gasteiger partial charge in [-0.25, -0.2) is 8.78 Å². The molecule has 0 spiro atoms.